The van der Waals surface area contributed by atoms with E-state index in [1.165, 1.54) is 15.5 Å². The molecular formula is C21H19Cl2N3O2. The number of benzene rings is 2. The first kappa shape index (κ1) is 20.1. The molecule has 0 aliphatic carbocycles. The number of carbonyl (C=O) groups is 1. The summed E-state index contributed by atoms with van der Waals surface area (Å²) in [6.07, 6.45) is 0.611. The van der Waals surface area contributed by atoms with Crippen LogP contribution in [0.25, 0.3) is 11.4 Å². The molecule has 0 spiro atoms. The minimum Gasteiger partial charge on any atom is -0.314 e. The summed E-state index contributed by atoms with van der Waals surface area (Å²) in [5.74, 6) is 0.151. The van der Waals surface area contributed by atoms with E-state index < -0.39 is 0 Å². The van der Waals surface area contributed by atoms with Crippen LogP contribution in [0.1, 0.15) is 12.6 Å². The smallest absolute Gasteiger partial charge is 0.254 e. The third-order valence-electron chi connectivity index (χ3n) is 4.37. The highest BCUT2D eigenvalue weighted by atomic mass is 35.5. The number of amides is 1. The van der Waals surface area contributed by atoms with Crippen molar-refractivity contribution in [3.05, 3.63) is 80.7 Å². The number of likely N-dealkylation sites (N-methyl/N-ethyl adjacent to an activating group) is 1. The lowest BCUT2D eigenvalue weighted by Crippen LogP contribution is -2.35. The van der Waals surface area contributed by atoms with Gasteiger partial charge >= 0.3 is 0 Å². The number of anilines is 1. The molecule has 0 radical (unpaired) electrons. The first-order valence-electron chi connectivity index (χ1n) is 8.78. The molecule has 0 saturated carbocycles. The maximum atomic E-state index is 12.9. The molecule has 3 rings (SSSR count). The summed E-state index contributed by atoms with van der Waals surface area (Å²) >= 11 is 12.1. The Hall–Kier alpha value is -2.63. The Balaban J connectivity index is 2.01. The van der Waals surface area contributed by atoms with Gasteiger partial charge in [0.1, 0.15) is 12.4 Å². The second-order valence-corrected chi connectivity index (χ2v) is 7.16. The van der Waals surface area contributed by atoms with Crippen LogP contribution in [0.15, 0.2) is 59.4 Å². The molecule has 0 unspecified atom stereocenters. The Morgan fingerprint density at radius 1 is 1.07 bits per heavy atom. The number of aryl methyl sites for hydroxylation is 1. The third kappa shape index (κ3) is 4.43. The number of carbonyl (C=O) groups excluding carboxylic acids is 1. The molecule has 1 amide bonds. The maximum Gasteiger partial charge on any atom is 0.254 e. The zero-order valence-electron chi connectivity index (χ0n) is 15.5. The highest BCUT2D eigenvalue weighted by molar-refractivity contribution is 6.31. The normalized spacial score (nSPS) is 10.7. The summed E-state index contributed by atoms with van der Waals surface area (Å²) in [4.78, 5) is 31.6. The topological polar surface area (TPSA) is 55.2 Å². The molecule has 0 N–H and O–H groups in total. The fourth-order valence-corrected chi connectivity index (χ4v) is 3.18. The molecule has 0 saturated heterocycles. The zero-order valence-corrected chi connectivity index (χ0v) is 17.0. The van der Waals surface area contributed by atoms with Crippen molar-refractivity contribution in [3.63, 3.8) is 0 Å². The summed E-state index contributed by atoms with van der Waals surface area (Å²) < 4.78 is 1.37. The highest BCUT2D eigenvalue weighted by Crippen LogP contribution is 2.22. The van der Waals surface area contributed by atoms with Gasteiger partial charge in [0, 0.05) is 40.1 Å². The van der Waals surface area contributed by atoms with Gasteiger partial charge in [0.2, 0.25) is 5.91 Å². The predicted molar refractivity (Wildman–Crippen MR) is 113 cm³/mol. The second kappa shape index (κ2) is 8.59. The highest BCUT2D eigenvalue weighted by Gasteiger charge is 2.17. The van der Waals surface area contributed by atoms with Gasteiger partial charge in [-0.2, -0.15) is 0 Å². The molecule has 3 aromatic rings. The van der Waals surface area contributed by atoms with Gasteiger partial charge in [-0.1, -0.05) is 48.3 Å². The van der Waals surface area contributed by atoms with Gasteiger partial charge in [-0.05, 0) is 36.8 Å². The number of hydrogen-bond acceptors (Lipinski definition) is 3. The summed E-state index contributed by atoms with van der Waals surface area (Å²) in [5.41, 5.74) is 1.70. The van der Waals surface area contributed by atoms with E-state index in [1.807, 2.05) is 13.0 Å². The monoisotopic (exact) mass is 415 g/mol. The zero-order chi connectivity index (χ0) is 20.3. The molecule has 1 heterocycles. The van der Waals surface area contributed by atoms with E-state index in [1.54, 1.807) is 49.5 Å². The quantitative estimate of drug-likeness (QED) is 0.618. The molecule has 0 aliphatic heterocycles. The number of hydrogen-bond donors (Lipinski definition) is 0. The summed E-state index contributed by atoms with van der Waals surface area (Å²) in [7, 11) is 1.64. The SMILES string of the molecule is CCc1cc(=O)n(CC(=O)N(C)c2cccc(Cl)c2)c(-c2cccc(Cl)c2)n1. The van der Waals surface area contributed by atoms with Crippen LogP contribution in [-0.2, 0) is 17.8 Å². The van der Waals surface area contributed by atoms with Gasteiger partial charge in [-0.3, -0.25) is 14.2 Å². The van der Waals surface area contributed by atoms with Gasteiger partial charge < -0.3 is 4.90 Å². The Labute approximate surface area is 173 Å². The minimum atomic E-state index is -0.283. The molecule has 0 atom stereocenters. The number of rotatable bonds is 5. The average Bonchev–Trinajstić information content (AvgIpc) is 2.68. The van der Waals surface area contributed by atoms with E-state index in [0.29, 0.717) is 39.2 Å². The molecule has 28 heavy (non-hydrogen) atoms. The first-order chi connectivity index (χ1) is 13.4. The van der Waals surface area contributed by atoms with Crippen LogP contribution in [0.5, 0.6) is 0 Å². The van der Waals surface area contributed by atoms with Crippen LogP contribution < -0.4 is 10.5 Å². The first-order valence-corrected chi connectivity index (χ1v) is 9.53. The van der Waals surface area contributed by atoms with Gasteiger partial charge in [-0.25, -0.2) is 4.98 Å². The van der Waals surface area contributed by atoms with E-state index in [9.17, 15) is 9.59 Å². The van der Waals surface area contributed by atoms with Crippen molar-refractivity contribution in [1.29, 1.82) is 0 Å². The van der Waals surface area contributed by atoms with Crippen LogP contribution in [0, 0.1) is 0 Å². The maximum absolute atomic E-state index is 12.9. The lowest BCUT2D eigenvalue weighted by Gasteiger charge is -2.20. The largest absolute Gasteiger partial charge is 0.314 e. The molecule has 2 aromatic carbocycles. The van der Waals surface area contributed by atoms with Crippen molar-refractivity contribution in [2.75, 3.05) is 11.9 Å². The van der Waals surface area contributed by atoms with Crippen molar-refractivity contribution in [2.24, 2.45) is 0 Å². The molecule has 1 aromatic heterocycles. The van der Waals surface area contributed by atoms with Crippen LogP contribution in [0.2, 0.25) is 10.0 Å². The van der Waals surface area contributed by atoms with Crippen LogP contribution in [0.4, 0.5) is 5.69 Å². The number of halogens is 2. The van der Waals surface area contributed by atoms with Crippen LogP contribution in [-0.4, -0.2) is 22.5 Å². The predicted octanol–water partition coefficient (Wildman–Crippen LogP) is 4.44. The fraction of sp³-hybridized carbons (Fsp3) is 0.190. The Morgan fingerprint density at radius 2 is 1.75 bits per heavy atom. The van der Waals surface area contributed by atoms with Crippen molar-refractivity contribution < 1.29 is 4.79 Å². The third-order valence-corrected chi connectivity index (χ3v) is 4.84. The van der Waals surface area contributed by atoms with Gasteiger partial charge in [0.15, 0.2) is 0 Å². The van der Waals surface area contributed by atoms with Crippen LogP contribution in [0.3, 0.4) is 0 Å². The van der Waals surface area contributed by atoms with Crippen LogP contribution >= 0.6 is 23.2 Å². The molecule has 0 aliphatic rings. The standard InChI is InChI=1S/C21H19Cl2N3O2/c1-3-17-12-19(27)26(21(24-17)14-6-4-7-15(22)10-14)13-20(28)25(2)18-9-5-8-16(23)11-18/h4-12H,3,13H2,1-2H3. The Bertz CT molecular complexity index is 1080. The summed E-state index contributed by atoms with van der Waals surface area (Å²) in [6, 6.07) is 15.5. The van der Waals surface area contributed by atoms with Crippen molar-refractivity contribution >= 4 is 34.8 Å². The van der Waals surface area contributed by atoms with Crippen molar-refractivity contribution in [1.82, 2.24) is 9.55 Å². The van der Waals surface area contributed by atoms with E-state index >= 15 is 0 Å². The average molecular weight is 416 g/mol. The summed E-state index contributed by atoms with van der Waals surface area (Å²) in [6.45, 7) is 1.77. The molecule has 0 bridgehead atoms. The lowest BCUT2D eigenvalue weighted by molar-refractivity contribution is -0.118. The molecule has 144 valence electrons. The number of aromatic nitrogens is 2. The van der Waals surface area contributed by atoms with E-state index in [-0.39, 0.29) is 18.0 Å². The van der Waals surface area contributed by atoms with E-state index in [4.69, 9.17) is 23.2 Å². The van der Waals surface area contributed by atoms with Crippen molar-refractivity contribution in [2.45, 2.75) is 19.9 Å². The molecular weight excluding hydrogens is 397 g/mol. The Kier molecular flexibility index (Phi) is 6.17. The van der Waals surface area contributed by atoms with Gasteiger partial charge in [0.05, 0.1) is 0 Å². The lowest BCUT2D eigenvalue weighted by atomic mass is 10.2. The molecule has 5 nitrogen and oxygen atoms in total. The summed E-state index contributed by atoms with van der Waals surface area (Å²) in [5, 5.41) is 1.06. The number of nitrogens with zero attached hydrogens (tertiary/aromatic N) is 3. The van der Waals surface area contributed by atoms with Crippen molar-refractivity contribution in [3.8, 4) is 11.4 Å². The minimum absolute atomic E-state index is 0.152. The fourth-order valence-electron chi connectivity index (χ4n) is 2.81. The van der Waals surface area contributed by atoms with Gasteiger partial charge in [-0.15, -0.1) is 0 Å². The molecule has 7 heteroatoms. The van der Waals surface area contributed by atoms with E-state index in [2.05, 4.69) is 4.98 Å². The second-order valence-electron chi connectivity index (χ2n) is 6.29. The molecule has 0 fully saturated rings. The van der Waals surface area contributed by atoms with E-state index in [0.717, 1.165) is 0 Å². The Morgan fingerprint density at radius 3 is 2.39 bits per heavy atom. The van der Waals surface area contributed by atoms with Gasteiger partial charge in [0.25, 0.3) is 5.56 Å².